The van der Waals surface area contributed by atoms with Crippen molar-refractivity contribution in [3.05, 3.63) is 11.8 Å². The summed E-state index contributed by atoms with van der Waals surface area (Å²) in [6.45, 7) is 2.29. The van der Waals surface area contributed by atoms with E-state index in [1.54, 1.807) is 6.92 Å². The fourth-order valence-electron chi connectivity index (χ4n) is 0.857. The van der Waals surface area contributed by atoms with Gasteiger partial charge in [0.05, 0.1) is 0 Å². The Bertz CT molecular complexity index is 323. The summed E-state index contributed by atoms with van der Waals surface area (Å²) in [5.41, 5.74) is 4.11. The third kappa shape index (κ3) is 2.24. The van der Waals surface area contributed by atoms with Crippen molar-refractivity contribution in [2.45, 2.75) is 13.1 Å². The van der Waals surface area contributed by atoms with E-state index in [-0.39, 0.29) is 5.95 Å². The van der Waals surface area contributed by atoms with E-state index in [0.717, 1.165) is 0 Å². The highest BCUT2D eigenvalue weighted by Gasteiger charge is 2.34. The van der Waals surface area contributed by atoms with Crippen molar-refractivity contribution in [3.8, 4) is 0 Å². The van der Waals surface area contributed by atoms with Gasteiger partial charge in [0.2, 0.25) is 5.95 Å². The molecule has 0 saturated heterocycles. The highest BCUT2D eigenvalue weighted by molar-refractivity contribution is 5.44. The van der Waals surface area contributed by atoms with E-state index in [1.165, 1.54) is 0 Å². The second-order valence-corrected chi connectivity index (χ2v) is 2.52. The number of nitrogens with one attached hydrogen (secondary N) is 1. The normalized spacial score (nSPS) is 11.4. The molecular weight excluding hydrogens is 197 g/mol. The van der Waals surface area contributed by atoms with E-state index in [0.29, 0.717) is 12.7 Å². The van der Waals surface area contributed by atoms with Gasteiger partial charge in [-0.2, -0.15) is 18.2 Å². The summed E-state index contributed by atoms with van der Waals surface area (Å²) in [7, 11) is 0. The highest BCUT2D eigenvalue weighted by atomic mass is 19.4. The number of anilines is 2. The van der Waals surface area contributed by atoms with Crippen LogP contribution in [0.2, 0.25) is 0 Å². The SMILES string of the molecule is CCNc1ncc(C(F)(F)F)c(N)n1. The lowest BCUT2D eigenvalue weighted by atomic mass is 10.3. The van der Waals surface area contributed by atoms with E-state index in [9.17, 15) is 13.2 Å². The fourth-order valence-corrected chi connectivity index (χ4v) is 0.857. The van der Waals surface area contributed by atoms with Gasteiger partial charge in [0.15, 0.2) is 0 Å². The second kappa shape index (κ2) is 3.69. The molecule has 1 aromatic heterocycles. The molecule has 0 spiro atoms. The first-order chi connectivity index (χ1) is 6.45. The number of halogens is 3. The number of rotatable bonds is 2. The summed E-state index contributed by atoms with van der Waals surface area (Å²) in [4.78, 5) is 6.94. The van der Waals surface area contributed by atoms with Crippen LogP contribution in [0.15, 0.2) is 6.20 Å². The Morgan fingerprint density at radius 1 is 1.50 bits per heavy atom. The number of hydrogen-bond donors (Lipinski definition) is 2. The van der Waals surface area contributed by atoms with E-state index < -0.39 is 17.6 Å². The van der Waals surface area contributed by atoms with E-state index in [4.69, 9.17) is 5.73 Å². The summed E-state index contributed by atoms with van der Waals surface area (Å²) in [5, 5.41) is 2.66. The van der Waals surface area contributed by atoms with E-state index in [1.807, 2.05) is 0 Å². The van der Waals surface area contributed by atoms with Crippen LogP contribution in [0.5, 0.6) is 0 Å². The molecule has 14 heavy (non-hydrogen) atoms. The lowest BCUT2D eigenvalue weighted by molar-refractivity contribution is -0.137. The van der Waals surface area contributed by atoms with Crippen molar-refractivity contribution in [2.24, 2.45) is 0 Å². The number of nitrogens with zero attached hydrogens (tertiary/aromatic N) is 2. The van der Waals surface area contributed by atoms with Crippen molar-refractivity contribution < 1.29 is 13.2 Å². The molecule has 0 aromatic carbocycles. The largest absolute Gasteiger partial charge is 0.421 e. The van der Waals surface area contributed by atoms with Crippen LogP contribution in [0.3, 0.4) is 0 Å². The van der Waals surface area contributed by atoms with Crippen LogP contribution in [-0.4, -0.2) is 16.5 Å². The Kier molecular flexibility index (Phi) is 2.78. The van der Waals surface area contributed by atoms with Crippen molar-refractivity contribution in [1.82, 2.24) is 9.97 Å². The van der Waals surface area contributed by atoms with Gasteiger partial charge in [-0.3, -0.25) is 0 Å². The van der Waals surface area contributed by atoms with Crippen LogP contribution in [0, 0.1) is 0 Å². The molecule has 3 N–H and O–H groups in total. The average Bonchev–Trinajstić information content (AvgIpc) is 2.02. The predicted octanol–water partition coefficient (Wildman–Crippen LogP) is 1.51. The lowest BCUT2D eigenvalue weighted by Gasteiger charge is -2.09. The van der Waals surface area contributed by atoms with Crippen LogP contribution in [0.4, 0.5) is 24.9 Å². The van der Waals surface area contributed by atoms with Gasteiger partial charge in [-0.25, -0.2) is 4.98 Å². The molecule has 0 fully saturated rings. The van der Waals surface area contributed by atoms with Crippen molar-refractivity contribution in [2.75, 3.05) is 17.6 Å². The zero-order valence-corrected chi connectivity index (χ0v) is 7.39. The van der Waals surface area contributed by atoms with E-state index in [2.05, 4.69) is 15.3 Å². The number of aromatic nitrogens is 2. The number of alkyl halides is 3. The van der Waals surface area contributed by atoms with Crippen molar-refractivity contribution in [3.63, 3.8) is 0 Å². The molecule has 0 bridgehead atoms. The molecule has 4 nitrogen and oxygen atoms in total. The van der Waals surface area contributed by atoms with Gasteiger partial charge in [-0.15, -0.1) is 0 Å². The predicted molar refractivity (Wildman–Crippen MR) is 45.6 cm³/mol. The maximum Gasteiger partial charge on any atom is 0.421 e. The van der Waals surface area contributed by atoms with Gasteiger partial charge >= 0.3 is 6.18 Å². The zero-order chi connectivity index (χ0) is 10.8. The average molecular weight is 206 g/mol. The lowest BCUT2D eigenvalue weighted by Crippen LogP contribution is -2.13. The Morgan fingerprint density at radius 2 is 2.14 bits per heavy atom. The second-order valence-electron chi connectivity index (χ2n) is 2.52. The Balaban J connectivity index is 3.02. The highest BCUT2D eigenvalue weighted by Crippen LogP contribution is 2.32. The monoisotopic (exact) mass is 206 g/mol. The van der Waals surface area contributed by atoms with Gasteiger partial charge in [-0.05, 0) is 6.92 Å². The molecule has 1 aromatic rings. The first-order valence-electron chi connectivity index (χ1n) is 3.88. The molecule has 0 radical (unpaired) electrons. The van der Waals surface area contributed by atoms with Crippen molar-refractivity contribution >= 4 is 11.8 Å². The fraction of sp³-hybridized carbons (Fsp3) is 0.429. The topological polar surface area (TPSA) is 63.8 Å². The minimum absolute atomic E-state index is 0.0954. The van der Waals surface area contributed by atoms with Gasteiger partial charge < -0.3 is 11.1 Å². The van der Waals surface area contributed by atoms with Crippen LogP contribution in [0.1, 0.15) is 12.5 Å². The zero-order valence-electron chi connectivity index (χ0n) is 7.39. The summed E-state index contributed by atoms with van der Waals surface area (Å²) in [5.74, 6) is -0.471. The molecule has 0 saturated carbocycles. The quantitative estimate of drug-likeness (QED) is 0.769. The van der Waals surface area contributed by atoms with Crippen LogP contribution in [-0.2, 0) is 6.18 Å². The standard InChI is InChI=1S/C7H9F3N4/c1-2-12-6-13-3-4(5(11)14-6)7(8,9)10/h3H,2H2,1H3,(H3,11,12,13,14). The summed E-state index contributed by atoms with van der Waals surface area (Å²) in [6, 6.07) is 0. The third-order valence-corrected chi connectivity index (χ3v) is 1.46. The molecular formula is C7H9F3N4. The van der Waals surface area contributed by atoms with Crippen molar-refractivity contribution in [1.29, 1.82) is 0 Å². The maximum absolute atomic E-state index is 12.2. The maximum atomic E-state index is 12.2. The molecule has 0 amide bonds. The first-order valence-corrected chi connectivity index (χ1v) is 3.88. The first kappa shape index (κ1) is 10.6. The molecule has 1 rings (SSSR count). The minimum Gasteiger partial charge on any atom is -0.383 e. The molecule has 0 unspecified atom stereocenters. The number of nitrogens with two attached hydrogens (primary N) is 1. The number of hydrogen-bond acceptors (Lipinski definition) is 4. The van der Waals surface area contributed by atoms with Crippen LogP contribution < -0.4 is 11.1 Å². The summed E-state index contributed by atoms with van der Waals surface area (Å²) >= 11 is 0. The van der Waals surface area contributed by atoms with Gasteiger partial charge in [0.1, 0.15) is 11.4 Å². The smallest absolute Gasteiger partial charge is 0.383 e. The molecule has 0 aliphatic rings. The Hall–Kier alpha value is -1.53. The summed E-state index contributed by atoms with van der Waals surface area (Å²) in [6.07, 6.45) is -3.84. The van der Waals surface area contributed by atoms with E-state index >= 15 is 0 Å². The molecule has 0 atom stereocenters. The van der Waals surface area contributed by atoms with Crippen LogP contribution >= 0.6 is 0 Å². The molecule has 0 aliphatic heterocycles. The van der Waals surface area contributed by atoms with Gasteiger partial charge in [0.25, 0.3) is 0 Å². The minimum atomic E-state index is -4.51. The van der Waals surface area contributed by atoms with Crippen LogP contribution in [0.25, 0.3) is 0 Å². The molecule has 7 heteroatoms. The summed E-state index contributed by atoms with van der Waals surface area (Å²) < 4.78 is 36.6. The molecule has 78 valence electrons. The molecule has 0 aliphatic carbocycles. The Labute approximate surface area is 78.4 Å². The number of nitrogen functional groups attached to an aromatic ring is 1. The third-order valence-electron chi connectivity index (χ3n) is 1.46. The van der Waals surface area contributed by atoms with Gasteiger partial charge in [-0.1, -0.05) is 0 Å². The molecule has 1 heterocycles. The Morgan fingerprint density at radius 3 is 2.57 bits per heavy atom. The van der Waals surface area contributed by atoms with Gasteiger partial charge in [0, 0.05) is 12.7 Å².